The van der Waals surface area contributed by atoms with Gasteiger partial charge in [-0.25, -0.2) is 4.98 Å². The maximum absolute atomic E-state index is 5.84. The Balaban J connectivity index is 2.23. The second-order valence-electron chi connectivity index (χ2n) is 5.54. The molecule has 3 nitrogen and oxygen atoms in total. The Bertz CT molecular complexity index is 552. The number of hydrogen-bond donors (Lipinski definition) is 1. The number of nitrogens with two attached hydrogens (primary N) is 1. The smallest absolute Gasteiger partial charge is 0.137 e. The van der Waals surface area contributed by atoms with Gasteiger partial charge in [-0.2, -0.15) is 0 Å². The van der Waals surface area contributed by atoms with E-state index in [1.165, 1.54) is 17.8 Å². The number of rotatable bonds is 0. The fourth-order valence-electron chi connectivity index (χ4n) is 2.54. The monoisotopic (exact) mass is 215 g/mol. The van der Waals surface area contributed by atoms with E-state index in [9.17, 15) is 0 Å². The van der Waals surface area contributed by atoms with E-state index in [2.05, 4.69) is 23.2 Å². The number of hydrogen-bond acceptors (Lipinski definition) is 2. The van der Waals surface area contributed by atoms with Gasteiger partial charge in [-0.15, -0.1) is 0 Å². The van der Waals surface area contributed by atoms with Gasteiger partial charge in [0.05, 0.1) is 5.69 Å². The van der Waals surface area contributed by atoms with E-state index in [1.54, 1.807) is 0 Å². The van der Waals surface area contributed by atoms with E-state index in [0.29, 0.717) is 5.41 Å². The number of pyridine rings is 1. The topological polar surface area (TPSA) is 43.3 Å². The molecule has 2 aromatic rings. The molecule has 0 atom stereocenters. The van der Waals surface area contributed by atoms with Crippen molar-refractivity contribution in [3.05, 3.63) is 29.7 Å². The first-order chi connectivity index (χ1) is 7.55. The molecule has 0 unspecified atom stereocenters. The molecule has 0 fully saturated rings. The highest BCUT2D eigenvalue weighted by atomic mass is 15.0. The molecular weight excluding hydrogens is 198 g/mol. The average molecular weight is 215 g/mol. The first-order valence-corrected chi connectivity index (χ1v) is 5.80. The quantitative estimate of drug-likeness (QED) is 0.733. The van der Waals surface area contributed by atoms with Crippen molar-refractivity contribution in [3.63, 3.8) is 0 Å². The lowest BCUT2D eigenvalue weighted by molar-refractivity contribution is 0.309. The molecule has 1 aliphatic rings. The molecule has 0 amide bonds. The number of nitrogen functional groups attached to an aromatic ring is 1. The molecule has 2 N–H and O–H groups in total. The number of nitrogens with zero attached hydrogens (tertiary/aromatic N) is 2. The van der Waals surface area contributed by atoms with Crippen LogP contribution in [0.1, 0.15) is 31.7 Å². The van der Waals surface area contributed by atoms with Gasteiger partial charge in [-0.3, -0.25) is 0 Å². The Labute approximate surface area is 95.3 Å². The minimum Gasteiger partial charge on any atom is -0.398 e. The summed E-state index contributed by atoms with van der Waals surface area (Å²) in [6.45, 7) is 4.64. The van der Waals surface area contributed by atoms with Gasteiger partial charge in [0.25, 0.3) is 0 Å². The molecule has 2 heterocycles. The van der Waals surface area contributed by atoms with Crippen molar-refractivity contribution < 1.29 is 0 Å². The molecule has 0 radical (unpaired) electrons. The van der Waals surface area contributed by atoms with Crippen LogP contribution in [-0.2, 0) is 12.8 Å². The zero-order valence-corrected chi connectivity index (χ0v) is 9.83. The maximum atomic E-state index is 5.84. The van der Waals surface area contributed by atoms with Crippen LogP contribution in [0.15, 0.2) is 18.3 Å². The Morgan fingerprint density at radius 1 is 1.38 bits per heavy atom. The Kier molecular flexibility index (Phi) is 1.82. The van der Waals surface area contributed by atoms with Crippen LogP contribution in [0, 0.1) is 5.41 Å². The molecular formula is C13H17N3. The summed E-state index contributed by atoms with van der Waals surface area (Å²) in [5.74, 6) is 0. The lowest BCUT2D eigenvalue weighted by Crippen LogP contribution is -2.22. The van der Waals surface area contributed by atoms with Crippen molar-refractivity contribution in [3.8, 4) is 0 Å². The van der Waals surface area contributed by atoms with Gasteiger partial charge in [-0.05, 0) is 36.8 Å². The summed E-state index contributed by atoms with van der Waals surface area (Å²) >= 11 is 0. The largest absolute Gasteiger partial charge is 0.398 e. The van der Waals surface area contributed by atoms with Crippen LogP contribution in [0.25, 0.3) is 5.65 Å². The predicted molar refractivity (Wildman–Crippen MR) is 65.4 cm³/mol. The Hall–Kier alpha value is -1.51. The molecule has 0 saturated heterocycles. The van der Waals surface area contributed by atoms with E-state index >= 15 is 0 Å². The van der Waals surface area contributed by atoms with E-state index in [0.717, 1.165) is 24.2 Å². The van der Waals surface area contributed by atoms with Gasteiger partial charge in [0.15, 0.2) is 0 Å². The SMILES string of the molecule is CC1(C)CCc2nc3ccc(N)cn3c2C1. The van der Waals surface area contributed by atoms with Crippen LogP contribution in [0.3, 0.4) is 0 Å². The van der Waals surface area contributed by atoms with Gasteiger partial charge >= 0.3 is 0 Å². The van der Waals surface area contributed by atoms with E-state index < -0.39 is 0 Å². The molecule has 0 spiro atoms. The number of imidazole rings is 1. The fraction of sp³-hybridized carbons (Fsp3) is 0.462. The predicted octanol–water partition coefficient (Wildman–Crippen LogP) is 2.43. The Morgan fingerprint density at radius 3 is 3.00 bits per heavy atom. The molecule has 2 aromatic heterocycles. The highest BCUT2D eigenvalue weighted by Gasteiger charge is 2.28. The first kappa shape index (κ1) is 9.70. The van der Waals surface area contributed by atoms with Crippen molar-refractivity contribution in [1.29, 1.82) is 0 Å². The zero-order chi connectivity index (χ0) is 11.3. The number of aryl methyl sites for hydroxylation is 1. The standard InChI is InChI=1S/C13H17N3/c1-13(2)6-5-10-11(7-13)16-8-9(14)3-4-12(16)15-10/h3-4,8H,5-7,14H2,1-2H3. The molecule has 0 aliphatic heterocycles. The second kappa shape index (κ2) is 3.00. The summed E-state index contributed by atoms with van der Waals surface area (Å²) in [6.07, 6.45) is 5.39. The van der Waals surface area contributed by atoms with Crippen molar-refractivity contribution in [1.82, 2.24) is 9.38 Å². The van der Waals surface area contributed by atoms with E-state index in [4.69, 9.17) is 5.73 Å². The third-order valence-corrected chi connectivity index (χ3v) is 3.51. The van der Waals surface area contributed by atoms with E-state index in [-0.39, 0.29) is 0 Å². The molecule has 0 aromatic carbocycles. The number of fused-ring (bicyclic) bond motifs is 3. The fourth-order valence-corrected chi connectivity index (χ4v) is 2.54. The summed E-state index contributed by atoms with van der Waals surface area (Å²) in [6, 6.07) is 3.92. The van der Waals surface area contributed by atoms with Gasteiger partial charge in [0, 0.05) is 17.6 Å². The lowest BCUT2D eigenvalue weighted by atomic mass is 9.78. The van der Waals surface area contributed by atoms with Crippen molar-refractivity contribution in [2.24, 2.45) is 5.41 Å². The van der Waals surface area contributed by atoms with Crippen LogP contribution in [-0.4, -0.2) is 9.38 Å². The van der Waals surface area contributed by atoms with Crippen LogP contribution in [0.4, 0.5) is 5.69 Å². The number of anilines is 1. The Morgan fingerprint density at radius 2 is 2.19 bits per heavy atom. The molecule has 3 heteroatoms. The lowest BCUT2D eigenvalue weighted by Gasteiger charge is -2.28. The highest BCUT2D eigenvalue weighted by molar-refractivity contribution is 5.50. The summed E-state index contributed by atoms with van der Waals surface area (Å²) in [5.41, 5.74) is 10.6. The van der Waals surface area contributed by atoms with Gasteiger partial charge in [0.1, 0.15) is 5.65 Å². The third-order valence-electron chi connectivity index (χ3n) is 3.51. The first-order valence-electron chi connectivity index (χ1n) is 5.80. The van der Waals surface area contributed by atoms with Gasteiger partial charge in [-0.1, -0.05) is 13.8 Å². The van der Waals surface area contributed by atoms with Crippen LogP contribution in [0.5, 0.6) is 0 Å². The summed E-state index contributed by atoms with van der Waals surface area (Å²) < 4.78 is 2.16. The summed E-state index contributed by atoms with van der Waals surface area (Å²) in [4.78, 5) is 4.67. The van der Waals surface area contributed by atoms with Crippen molar-refractivity contribution >= 4 is 11.3 Å². The third kappa shape index (κ3) is 1.39. The molecule has 84 valence electrons. The molecule has 16 heavy (non-hydrogen) atoms. The molecule has 1 aliphatic carbocycles. The van der Waals surface area contributed by atoms with Crippen LogP contribution in [0.2, 0.25) is 0 Å². The maximum Gasteiger partial charge on any atom is 0.137 e. The molecule has 3 rings (SSSR count). The van der Waals surface area contributed by atoms with Crippen LogP contribution < -0.4 is 5.73 Å². The summed E-state index contributed by atoms with van der Waals surface area (Å²) in [5, 5.41) is 0. The normalized spacial score (nSPS) is 18.6. The minimum atomic E-state index is 0.383. The molecule has 0 bridgehead atoms. The van der Waals surface area contributed by atoms with Crippen LogP contribution >= 0.6 is 0 Å². The highest BCUT2D eigenvalue weighted by Crippen LogP contribution is 2.34. The van der Waals surface area contributed by atoms with Crippen molar-refractivity contribution in [2.45, 2.75) is 33.1 Å². The van der Waals surface area contributed by atoms with Gasteiger partial charge in [0.2, 0.25) is 0 Å². The van der Waals surface area contributed by atoms with E-state index in [1.807, 2.05) is 18.3 Å². The minimum absolute atomic E-state index is 0.383. The van der Waals surface area contributed by atoms with Crippen molar-refractivity contribution in [2.75, 3.05) is 5.73 Å². The molecule has 0 saturated carbocycles. The second-order valence-corrected chi connectivity index (χ2v) is 5.54. The summed E-state index contributed by atoms with van der Waals surface area (Å²) in [7, 11) is 0. The van der Waals surface area contributed by atoms with Gasteiger partial charge < -0.3 is 10.1 Å². The average Bonchev–Trinajstić information content (AvgIpc) is 2.55. The zero-order valence-electron chi connectivity index (χ0n) is 9.83. The number of aromatic nitrogens is 2.